The first kappa shape index (κ1) is 15.4. The minimum atomic E-state index is -3.69. The molecule has 0 unspecified atom stereocenters. The van der Waals surface area contributed by atoms with Gasteiger partial charge in [0.15, 0.2) is 14.9 Å². The van der Waals surface area contributed by atoms with E-state index in [9.17, 15) is 16.8 Å². The second-order valence-electron chi connectivity index (χ2n) is 4.39. The third-order valence-corrected chi connectivity index (χ3v) is 7.37. The summed E-state index contributed by atoms with van der Waals surface area (Å²) in [6, 6.07) is 0.000741. The Hall–Kier alpha value is 0.340. The molecule has 0 saturated heterocycles. The lowest BCUT2D eigenvalue weighted by Gasteiger charge is -2.36. The lowest BCUT2D eigenvalue weighted by molar-refractivity contribution is 0.221. The SMILES string of the molecule is CS(=O)(=O)CS(=O)(=O)N(CCCBr)C1CCC1. The van der Waals surface area contributed by atoms with Crippen LogP contribution in [-0.2, 0) is 19.9 Å². The lowest BCUT2D eigenvalue weighted by atomic mass is 9.93. The molecule has 0 amide bonds. The fourth-order valence-electron chi connectivity index (χ4n) is 1.78. The number of nitrogens with zero attached hydrogens (tertiary/aromatic N) is 1. The maximum Gasteiger partial charge on any atom is 0.228 e. The Bertz CT molecular complexity index is 442. The molecule has 5 nitrogen and oxygen atoms in total. The summed E-state index contributed by atoms with van der Waals surface area (Å²) in [6.07, 6.45) is 4.34. The predicted molar refractivity (Wildman–Crippen MR) is 71.4 cm³/mol. The summed E-state index contributed by atoms with van der Waals surface area (Å²) >= 11 is 3.26. The fraction of sp³-hybridized carbons (Fsp3) is 1.00. The van der Waals surface area contributed by atoms with Gasteiger partial charge in [-0.05, 0) is 19.3 Å². The summed E-state index contributed by atoms with van der Waals surface area (Å²) in [7, 11) is -7.20. The van der Waals surface area contributed by atoms with Gasteiger partial charge in [0.25, 0.3) is 0 Å². The molecule has 0 bridgehead atoms. The van der Waals surface area contributed by atoms with Crippen LogP contribution in [0, 0.1) is 0 Å². The number of hydrogen-bond acceptors (Lipinski definition) is 4. The molecular weight excluding hydrogens is 330 g/mol. The van der Waals surface area contributed by atoms with Crippen molar-refractivity contribution in [3.8, 4) is 0 Å². The van der Waals surface area contributed by atoms with E-state index in [4.69, 9.17) is 0 Å². The first-order valence-electron chi connectivity index (χ1n) is 5.49. The van der Waals surface area contributed by atoms with E-state index in [0.717, 1.165) is 25.5 Å². The second-order valence-corrected chi connectivity index (χ2v) is 9.61. The van der Waals surface area contributed by atoms with Crippen LogP contribution in [0.3, 0.4) is 0 Å². The average molecular weight is 348 g/mol. The van der Waals surface area contributed by atoms with Gasteiger partial charge < -0.3 is 0 Å². The minimum absolute atomic E-state index is 0.000741. The zero-order valence-corrected chi connectivity index (χ0v) is 13.0. The van der Waals surface area contributed by atoms with E-state index in [1.165, 1.54) is 4.31 Å². The molecule has 1 saturated carbocycles. The number of alkyl halides is 1. The molecule has 0 atom stereocenters. The summed E-state index contributed by atoms with van der Waals surface area (Å²) in [6.45, 7) is 0.397. The molecule has 0 N–H and O–H groups in total. The molecule has 1 fully saturated rings. The molecule has 0 aromatic carbocycles. The van der Waals surface area contributed by atoms with Gasteiger partial charge >= 0.3 is 0 Å². The summed E-state index contributed by atoms with van der Waals surface area (Å²) in [5, 5.41) is -0.0661. The Morgan fingerprint density at radius 2 is 1.82 bits per heavy atom. The van der Waals surface area contributed by atoms with Crippen LogP contribution < -0.4 is 0 Å². The Morgan fingerprint density at radius 1 is 1.24 bits per heavy atom. The quantitative estimate of drug-likeness (QED) is 0.643. The van der Waals surface area contributed by atoms with Gasteiger partial charge in [0, 0.05) is 24.2 Å². The van der Waals surface area contributed by atoms with E-state index in [-0.39, 0.29) is 6.04 Å². The van der Waals surface area contributed by atoms with Crippen LogP contribution in [0.5, 0.6) is 0 Å². The van der Waals surface area contributed by atoms with Crippen molar-refractivity contribution in [2.24, 2.45) is 0 Å². The van der Waals surface area contributed by atoms with Crippen molar-refractivity contribution in [3.05, 3.63) is 0 Å². The highest BCUT2D eigenvalue weighted by Gasteiger charge is 2.35. The Kier molecular flexibility index (Phi) is 5.42. The molecule has 8 heteroatoms. The van der Waals surface area contributed by atoms with Crippen LogP contribution in [-0.4, -0.2) is 50.4 Å². The predicted octanol–water partition coefficient (Wildman–Crippen LogP) is 0.958. The van der Waals surface area contributed by atoms with Gasteiger partial charge in [-0.15, -0.1) is 0 Å². The van der Waals surface area contributed by atoms with Crippen molar-refractivity contribution in [3.63, 3.8) is 0 Å². The molecule has 102 valence electrons. The molecule has 0 heterocycles. The maximum atomic E-state index is 12.0. The summed E-state index contributed by atoms with van der Waals surface area (Å²) in [5.74, 6) is 0. The number of hydrogen-bond donors (Lipinski definition) is 0. The normalized spacial score (nSPS) is 18.3. The van der Waals surface area contributed by atoms with Crippen LogP contribution in [0.4, 0.5) is 0 Å². The van der Waals surface area contributed by atoms with Crippen molar-refractivity contribution in [1.82, 2.24) is 4.31 Å². The van der Waals surface area contributed by atoms with Gasteiger partial charge in [0.2, 0.25) is 10.0 Å². The summed E-state index contributed by atoms with van der Waals surface area (Å²) in [5.41, 5.74) is 0. The van der Waals surface area contributed by atoms with E-state index < -0.39 is 24.9 Å². The number of sulfone groups is 1. The Labute approximate surface area is 112 Å². The molecule has 0 spiro atoms. The van der Waals surface area contributed by atoms with E-state index in [0.29, 0.717) is 18.3 Å². The monoisotopic (exact) mass is 347 g/mol. The molecule has 1 rings (SSSR count). The fourth-order valence-corrected chi connectivity index (χ4v) is 5.81. The average Bonchev–Trinajstić information content (AvgIpc) is 2.04. The van der Waals surface area contributed by atoms with E-state index in [1.807, 2.05) is 0 Å². The molecule has 0 aliphatic heterocycles. The highest BCUT2D eigenvalue weighted by Crippen LogP contribution is 2.27. The first-order valence-corrected chi connectivity index (χ1v) is 10.3. The van der Waals surface area contributed by atoms with Gasteiger partial charge in [-0.3, -0.25) is 0 Å². The molecule has 1 aliphatic rings. The van der Waals surface area contributed by atoms with Crippen molar-refractivity contribution in [2.75, 3.05) is 23.2 Å². The van der Waals surface area contributed by atoms with Gasteiger partial charge in [-0.2, -0.15) is 4.31 Å². The van der Waals surface area contributed by atoms with Gasteiger partial charge in [-0.25, -0.2) is 16.8 Å². The summed E-state index contributed by atoms with van der Waals surface area (Å²) < 4.78 is 47.7. The van der Waals surface area contributed by atoms with Crippen LogP contribution in [0.2, 0.25) is 0 Å². The van der Waals surface area contributed by atoms with Crippen molar-refractivity contribution >= 4 is 35.8 Å². The third-order valence-electron chi connectivity index (χ3n) is 2.71. The Morgan fingerprint density at radius 3 is 2.18 bits per heavy atom. The molecule has 1 aliphatic carbocycles. The van der Waals surface area contributed by atoms with E-state index in [1.54, 1.807) is 0 Å². The summed E-state index contributed by atoms with van der Waals surface area (Å²) in [4.78, 5) is 0. The van der Waals surface area contributed by atoms with Gasteiger partial charge in [0.1, 0.15) is 0 Å². The van der Waals surface area contributed by atoms with Gasteiger partial charge in [0.05, 0.1) is 0 Å². The highest BCUT2D eigenvalue weighted by molar-refractivity contribution is 9.09. The molecule has 0 aromatic rings. The number of halogens is 1. The minimum Gasteiger partial charge on any atom is -0.228 e. The van der Waals surface area contributed by atoms with Crippen molar-refractivity contribution in [2.45, 2.75) is 31.7 Å². The Balaban J connectivity index is 2.80. The van der Waals surface area contributed by atoms with Crippen molar-refractivity contribution in [1.29, 1.82) is 0 Å². The molecule has 17 heavy (non-hydrogen) atoms. The number of rotatable bonds is 7. The van der Waals surface area contributed by atoms with Crippen molar-refractivity contribution < 1.29 is 16.8 Å². The molecular formula is C9H18BrNO4S2. The highest BCUT2D eigenvalue weighted by atomic mass is 79.9. The van der Waals surface area contributed by atoms with Crippen LogP contribution in [0.25, 0.3) is 0 Å². The standard InChI is InChI=1S/C9H18BrNO4S2/c1-16(12,13)8-17(14,15)11(7-3-6-10)9-4-2-5-9/h9H,2-8H2,1H3. The zero-order chi connectivity index (χ0) is 13.1. The van der Waals surface area contributed by atoms with Gasteiger partial charge in [-0.1, -0.05) is 22.4 Å². The van der Waals surface area contributed by atoms with Crippen LogP contribution in [0.15, 0.2) is 0 Å². The zero-order valence-electron chi connectivity index (χ0n) is 9.80. The van der Waals surface area contributed by atoms with Crippen LogP contribution in [0.1, 0.15) is 25.7 Å². The third kappa shape index (κ3) is 4.84. The lowest BCUT2D eigenvalue weighted by Crippen LogP contribution is -2.46. The first-order chi connectivity index (χ1) is 7.76. The van der Waals surface area contributed by atoms with E-state index >= 15 is 0 Å². The largest absolute Gasteiger partial charge is 0.228 e. The maximum absolute atomic E-state index is 12.0. The second kappa shape index (κ2) is 5.99. The van der Waals surface area contributed by atoms with Crippen LogP contribution >= 0.6 is 15.9 Å². The van der Waals surface area contributed by atoms with E-state index in [2.05, 4.69) is 15.9 Å². The topological polar surface area (TPSA) is 71.5 Å². The number of sulfonamides is 1. The molecule has 0 radical (unpaired) electrons. The smallest absolute Gasteiger partial charge is 0.228 e. The molecule has 0 aromatic heterocycles.